The van der Waals surface area contributed by atoms with Gasteiger partial charge in [-0.3, -0.25) is 0 Å². The van der Waals surface area contributed by atoms with Gasteiger partial charge in [-0.15, -0.1) is 11.8 Å². The van der Waals surface area contributed by atoms with Crippen molar-refractivity contribution in [1.82, 2.24) is 5.32 Å². The van der Waals surface area contributed by atoms with E-state index >= 15 is 0 Å². The molecule has 0 atom stereocenters. The fraction of sp³-hybridized carbons (Fsp3) is 0.200. The highest BCUT2D eigenvalue weighted by Gasteiger charge is 2.04. The first-order valence-electron chi connectivity index (χ1n) is 5.99. The zero-order valence-corrected chi connectivity index (χ0v) is 11.4. The first-order chi connectivity index (χ1) is 9.19. The number of hydrogen-bond acceptors (Lipinski definition) is 2. The van der Waals surface area contributed by atoms with Gasteiger partial charge in [0.2, 0.25) is 0 Å². The molecular weight excluding hydrogens is 264 g/mol. The zero-order chi connectivity index (χ0) is 13.7. The van der Waals surface area contributed by atoms with Crippen LogP contribution in [0.25, 0.3) is 0 Å². The molecule has 2 rings (SSSR count). The number of nitrogens with one attached hydrogen (secondary N) is 1. The summed E-state index contributed by atoms with van der Waals surface area (Å²) in [6.07, 6.45) is 0. The van der Waals surface area contributed by atoms with Crippen LogP contribution >= 0.6 is 11.8 Å². The smallest absolute Gasteiger partial charge is 0.130 e. The van der Waals surface area contributed by atoms with E-state index in [0.717, 1.165) is 17.5 Å². The molecule has 0 saturated carbocycles. The molecule has 0 aliphatic carbocycles. The molecule has 0 unspecified atom stereocenters. The van der Waals surface area contributed by atoms with E-state index in [-0.39, 0.29) is 0 Å². The summed E-state index contributed by atoms with van der Waals surface area (Å²) in [5, 5.41) is 3.08. The maximum Gasteiger partial charge on any atom is 0.130 e. The third-order valence-electron chi connectivity index (χ3n) is 2.71. The van der Waals surface area contributed by atoms with E-state index in [1.807, 2.05) is 31.3 Å². The lowest BCUT2D eigenvalue weighted by molar-refractivity contribution is 0.576. The van der Waals surface area contributed by atoms with Crippen molar-refractivity contribution in [3.05, 3.63) is 65.2 Å². The van der Waals surface area contributed by atoms with Crippen LogP contribution in [0, 0.1) is 11.6 Å². The molecule has 2 aromatic carbocycles. The van der Waals surface area contributed by atoms with Crippen molar-refractivity contribution in [2.45, 2.75) is 17.2 Å². The van der Waals surface area contributed by atoms with Crippen molar-refractivity contribution in [3.63, 3.8) is 0 Å². The van der Waals surface area contributed by atoms with E-state index in [4.69, 9.17) is 0 Å². The van der Waals surface area contributed by atoms with E-state index in [9.17, 15) is 8.78 Å². The van der Waals surface area contributed by atoms with Gasteiger partial charge in [-0.25, -0.2) is 8.78 Å². The maximum atomic E-state index is 13.5. The molecule has 2 aromatic rings. The Hall–Kier alpha value is -1.39. The quantitative estimate of drug-likeness (QED) is 0.831. The first kappa shape index (κ1) is 14.0. The standard InChI is InChI=1S/C15H15F2NS/c1-18-9-11-2-6-14(7-3-11)19-10-12-4-5-13(16)8-15(12)17/h2-8,18H,9-10H2,1H3. The average Bonchev–Trinajstić information content (AvgIpc) is 2.40. The molecule has 1 nitrogen and oxygen atoms in total. The van der Waals surface area contributed by atoms with Crippen LogP contribution < -0.4 is 5.32 Å². The molecular formula is C15H15F2NS. The molecule has 100 valence electrons. The van der Waals surface area contributed by atoms with Gasteiger partial charge in [0.25, 0.3) is 0 Å². The second-order valence-electron chi connectivity index (χ2n) is 4.20. The van der Waals surface area contributed by atoms with Crippen LogP contribution in [0.3, 0.4) is 0 Å². The molecule has 1 N–H and O–H groups in total. The fourth-order valence-electron chi connectivity index (χ4n) is 1.71. The van der Waals surface area contributed by atoms with Crippen LogP contribution in [0.2, 0.25) is 0 Å². The molecule has 0 fully saturated rings. The van der Waals surface area contributed by atoms with Gasteiger partial charge in [0.1, 0.15) is 11.6 Å². The van der Waals surface area contributed by atoms with Crippen molar-refractivity contribution >= 4 is 11.8 Å². The second-order valence-corrected chi connectivity index (χ2v) is 5.25. The van der Waals surface area contributed by atoms with Gasteiger partial charge in [0, 0.05) is 23.3 Å². The number of thioether (sulfide) groups is 1. The predicted molar refractivity (Wildman–Crippen MR) is 75.1 cm³/mol. The van der Waals surface area contributed by atoms with Crippen LogP contribution in [-0.4, -0.2) is 7.05 Å². The molecule has 19 heavy (non-hydrogen) atoms. The maximum absolute atomic E-state index is 13.5. The minimum Gasteiger partial charge on any atom is -0.316 e. The number of halogens is 2. The molecule has 0 aliphatic rings. The van der Waals surface area contributed by atoms with Crippen LogP contribution in [0.5, 0.6) is 0 Å². The molecule has 0 radical (unpaired) electrons. The molecule has 0 aromatic heterocycles. The van der Waals surface area contributed by atoms with E-state index in [0.29, 0.717) is 11.3 Å². The van der Waals surface area contributed by atoms with Crippen molar-refractivity contribution in [1.29, 1.82) is 0 Å². The minimum absolute atomic E-state index is 0.487. The summed E-state index contributed by atoms with van der Waals surface area (Å²) in [4.78, 5) is 1.07. The van der Waals surface area contributed by atoms with Gasteiger partial charge >= 0.3 is 0 Å². The number of hydrogen-bond donors (Lipinski definition) is 1. The van der Waals surface area contributed by atoms with Gasteiger partial charge in [-0.2, -0.15) is 0 Å². The summed E-state index contributed by atoms with van der Waals surface area (Å²) in [6, 6.07) is 11.8. The molecule has 0 spiro atoms. The van der Waals surface area contributed by atoms with Crippen molar-refractivity contribution in [2.24, 2.45) is 0 Å². The molecule has 0 heterocycles. The van der Waals surface area contributed by atoms with Gasteiger partial charge in [-0.1, -0.05) is 18.2 Å². The minimum atomic E-state index is -0.539. The van der Waals surface area contributed by atoms with Crippen molar-refractivity contribution in [2.75, 3.05) is 7.05 Å². The Kier molecular flexibility index (Phi) is 4.93. The zero-order valence-electron chi connectivity index (χ0n) is 10.6. The van der Waals surface area contributed by atoms with Crippen LogP contribution in [0.1, 0.15) is 11.1 Å². The summed E-state index contributed by atoms with van der Waals surface area (Å²) in [5.74, 6) is -0.528. The number of rotatable bonds is 5. The van der Waals surface area contributed by atoms with Crippen LogP contribution in [-0.2, 0) is 12.3 Å². The molecule has 0 amide bonds. The Balaban J connectivity index is 1.98. The lowest BCUT2D eigenvalue weighted by Gasteiger charge is -2.05. The summed E-state index contributed by atoms with van der Waals surface area (Å²) < 4.78 is 26.2. The third-order valence-corrected chi connectivity index (χ3v) is 3.77. The van der Waals surface area contributed by atoms with Gasteiger partial charge in [-0.05, 0) is 36.4 Å². The fourth-order valence-corrected chi connectivity index (χ4v) is 2.59. The SMILES string of the molecule is CNCc1ccc(SCc2ccc(F)cc2F)cc1. The largest absolute Gasteiger partial charge is 0.316 e. The van der Waals surface area contributed by atoms with Crippen LogP contribution in [0.4, 0.5) is 8.78 Å². The summed E-state index contributed by atoms with van der Waals surface area (Å²) in [6.45, 7) is 0.831. The van der Waals surface area contributed by atoms with E-state index in [2.05, 4.69) is 5.32 Å². The molecule has 0 bridgehead atoms. The van der Waals surface area contributed by atoms with E-state index in [1.54, 1.807) is 0 Å². The third kappa shape index (κ3) is 4.04. The number of benzene rings is 2. The highest BCUT2D eigenvalue weighted by molar-refractivity contribution is 7.98. The highest BCUT2D eigenvalue weighted by Crippen LogP contribution is 2.24. The molecule has 0 saturated heterocycles. The van der Waals surface area contributed by atoms with Crippen molar-refractivity contribution in [3.8, 4) is 0 Å². The van der Waals surface area contributed by atoms with Crippen molar-refractivity contribution < 1.29 is 8.78 Å². The average molecular weight is 279 g/mol. The normalized spacial score (nSPS) is 10.7. The second kappa shape index (κ2) is 6.68. The Morgan fingerprint density at radius 2 is 1.79 bits per heavy atom. The predicted octanol–water partition coefficient (Wildman–Crippen LogP) is 3.98. The Labute approximate surface area is 116 Å². The van der Waals surface area contributed by atoms with E-state index < -0.39 is 11.6 Å². The summed E-state index contributed by atoms with van der Waals surface area (Å²) in [5.41, 5.74) is 1.73. The Morgan fingerprint density at radius 1 is 1.05 bits per heavy atom. The molecule has 4 heteroatoms. The Bertz CT molecular complexity index is 540. The highest BCUT2D eigenvalue weighted by atomic mass is 32.2. The topological polar surface area (TPSA) is 12.0 Å². The lowest BCUT2D eigenvalue weighted by atomic mass is 10.2. The van der Waals surface area contributed by atoms with Gasteiger partial charge in [0.05, 0.1) is 0 Å². The molecule has 0 aliphatic heterocycles. The first-order valence-corrected chi connectivity index (χ1v) is 6.98. The van der Waals surface area contributed by atoms with E-state index in [1.165, 1.54) is 29.5 Å². The van der Waals surface area contributed by atoms with Crippen LogP contribution in [0.15, 0.2) is 47.4 Å². The lowest BCUT2D eigenvalue weighted by Crippen LogP contribution is -2.04. The van der Waals surface area contributed by atoms with Gasteiger partial charge in [0.15, 0.2) is 0 Å². The van der Waals surface area contributed by atoms with Gasteiger partial charge < -0.3 is 5.32 Å². The monoisotopic (exact) mass is 279 g/mol. The Morgan fingerprint density at radius 3 is 2.42 bits per heavy atom. The summed E-state index contributed by atoms with van der Waals surface area (Å²) >= 11 is 1.54. The summed E-state index contributed by atoms with van der Waals surface area (Å²) in [7, 11) is 1.90.